The Balaban J connectivity index is 1.53. The Kier molecular flexibility index (Phi) is 4.75. The van der Waals surface area contributed by atoms with Crippen LogP contribution in [0.25, 0.3) is 0 Å². The van der Waals surface area contributed by atoms with Gasteiger partial charge in [0.15, 0.2) is 9.84 Å². The van der Waals surface area contributed by atoms with Crippen LogP contribution in [0.15, 0.2) is 70.2 Å². The lowest BCUT2D eigenvalue weighted by Gasteiger charge is -2.11. The number of benzene rings is 2. The van der Waals surface area contributed by atoms with E-state index in [0.717, 1.165) is 11.2 Å². The standard InChI is InChI=1S/C21H16N2O6S/c1-30(27,28)16-7-5-14(6-8-16)22-19(24)13-4-9-17-18(11-13)21(26)23(20(17)25)12-15-3-2-10-29-15/h2-11H,12H2,1H3,(H,22,24). The zero-order chi connectivity index (χ0) is 21.5. The zero-order valence-electron chi connectivity index (χ0n) is 15.8. The average molecular weight is 424 g/mol. The normalized spacial score (nSPS) is 13.4. The highest BCUT2D eigenvalue weighted by Crippen LogP contribution is 2.26. The number of fused-ring (bicyclic) bond motifs is 1. The van der Waals surface area contributed by atoms with Gasteiger partial charge in [0.1, 0.15) is 5.76 Å². The molecule has 152 valence electrons. The van der Waals surface area contributed by atoms with Gasteiger partial charge in [0, 0.05) is 17.5 Å². The smallest absolute Gasteiger partial charge is 0.261 e. The molecule has 0 radical (unpaired) electrons. The van der Waals surface area contributed by atoms with Gasteiger partial charge in [0.25, 0.3) is 17.7 Å². The quantitative estimate of drug-likeness (QED) is 0.630. The first-order valence-electron chi connectivity index (χ1n) is 8.88. The first-order chi connectivity index (χ1) is 14.2. The van der Waals surface area contributed by atoms with Crippen LogP contribution in [0.4, 0.5) is 5.69 Å². The Labute approximate surface area is 172 Å². The van der Waals surface area contributed by atoms with Crippen LogP contribution >= 0.6 is 0 Å². The van der Waals surface area contributed by atoms with E-state index in [1.165, 1.54) is 48.7 Å². The summed E-state index contributed by atoms with van der Waals surface area (Å²) in [5.74, 6) is -0.970. The third-order valence-electron chi connectivity index (χ3n) is 4.67. The fourth-order valence-electron chi connectivity index (χ4n) is 3.12. The van der Waals surface area contributed by atoms with Crippen molar-refractivity contribution in [3.63, 3.8) is 0 Å². The molecule has 0 saturated carbocycles. The molecule has 1 aliphatic rings. The van der Waals surface area contributed by atoms with E-state index < -0.39 is 27.6 Å². The summed E-state index contributed by atoms with van der Waals surface area (Å²) in [7, 11) is -3.34. The van der Waals surface area contributed by atoms with Gasteiger partial charge in [-0.3, -0.25) is 19.3 Å². The summed E-state index contributed by atoms with van der Waals surface area (Å²) >= 11 is 0. The van der Waals surface area contributed by atoms with Crippen molar-refractivity contribution in [2.24, 2.45) is 0 Å². The molecule has 30 heavy (non-hydrogen) atoms. The number of rotatable bonds is 5. The molecule has 3 amide bonds. The van der Waals surface area contributed by atoms with E-state index in [1.807, 2.05) is 0 Å². The van der Waals surface area contributed by atoms with Crippen molar-refractivity contribution in [2.75, 3.05) is 11.6 Å². The number of carbonyl (C=O) groups excluding carboxylic acids is 3. The number of imide groups is 1. The topological polar surface area (TPSA) is 114 Å². The van der Waals surface area contributed by atoms with Crippen LogP contribution in [0.2, 0.25) is 0 Å². The lowest BCUT2D eigenvalue weighted by Crippen LogP contribution is -2.28. The van der Waals surface area contributed by atoms with Gasteiger partial charge in [-0.1, -0.05) is 0 Å². The second-order valence-corrected chi connectivity index (χ2v) is 8.80. The minimum atomic E-state index is -3.34. The summed E-state index contributed by atoms with van der Waals surface area (Å²) < 4.78 is 28.2. The summed E-state index contributed by atoms with van der Waals surface area (Å²) in [6, 6.07) is 13.3. The highest BCUT2D eigenvalue weighted by atomic mass is 32.2. The highest BCUT2D eigenvalue weighted by Gasteiger charge is 2.36. The SMILES string of the molecule is CS(=O)(=O)c1ccc(NC(=O)c2ccc3c(c2)C(=O)N(Cc2ccco2)C3=O)cc1. The van der Waals surface area contributed by atoms with Crippen LogP contribution in [-0.4, -0.2) is 37.3 Å². The lowest BCUT2D eigenvalue weighted by molar-refractivity contribution is 0.0631. The van der Waals surface area contributed by atoms with Crippen molar-refractivity contribution in [1.82, 2.24) is 4.90 Å². The first kappa shape index (κ1) is 19.6. The van der Waals surface area contributed by atoms with Gasteiger partial charge in [-0.05, 0) is 54.6 Å². The summed E-state index contributed by atoms with van der Waals surface area (Å²) in [6.07, 6.45) is 2.55. The molecule has 9 heteroatoms. The van der Waals surface area contributed by atoms with Gasteiger partial charge >= 0.3 is 0 Å². The van der Waals surface area contributed by atoms with Gasteiger partial charge in [0.05, 0.1) is 28.8 Å². The number of furan rings is 1. The molecule has 0 unspecified atom stereocenters. The van der Waals surface area contributed by atoms with Crippen LogP contribution in [0, 0.1) is 0 Å². The van der Waals surface area contributed by atoms with Crippen LogP contribution < -0.4 is 5.32 Å². The Bertz CT molecular complexity index is 1260. The fourth-order valence-corrected chi connectivity index (χ4v) is 3.75. The largest absolute Gasteiger partial charge is 0.467 e. The molecule has 2 heterocycles. The molecule has 0 bridgehead atoms. The molecule has 0 aliphatic carbocycles. The highest BCUT2D eigenvalue weighted by molar-refractivity contribution is 7.90. The molecule has 1 aliphatic heterocycles. The second kappa shape index (κ2) is 7.27. The molecule has 4 rings (SSSR count). The molecule has 0 fully saturated rings. The van der Waals surface area contributed by atoms with Gasteiger partial charge in [-0.15, -0.1) is 0 Å². The molecule has 8 nitrogen and oxygen atoms in total. The predicted molar refractivity (Wildman–Crippen MR) is 107 cm³/mol. The lowest BCUT2D eigenvalue weighted by atomic mass is 10.1. The molecule has 3 aromatic rings. The average Bonchev–Trinajstić information content (AvgIpc) is 3.30. The molecular weight excluding hydrogens is 408 g/mol. The van der Waals surface area contributed by atoms with E-state index in [1.54, 1.807) is 12.1 Å². The zero-order valence-corrected chi connectivity index (χ0v) is 16.6. The molecule has 1 N–H and O–H groups in total. The Hall–Kier alpha value is -3.72. The number of hydrogen-bond donors (Lipinski definition) is 1. The second-order valence-electron chi connectivity index (χ2n) is 6.79. The van der Waals surface area contributed by atoms with Crippen LogP contribution in [0.5, 0.6) is 0 Å². The third-order valence-corrected chi connectivity index (χ3v) is 5.80. The number of amides is 3. The van der Waals surface area contributed by atoms with E-state index in [0.29, 0.717) is 11.4 Å². The number of hydrogen-bond acceptors (Lipinski definition) is 6. The van der Waals surface area contributed by atoms with Crippen molar-refractivity contribution in [3.8, 4) is 0 Å². The molecule has 0 spiro atoms. The number of sulfone groups is 1. The number of carbonyl (C=O) groups is 3. The Morgan fingerprint density at radius 3 is 2.33 bits per heavy atom. The van der Waals surface area contributed by atoms with Crippen molar-refractivity contribution in [3.05, 3.63) is 83.3 Å². The van der Waals surface area contributed by atoms with E-state index in [4.69, 9.17) is 4.42 Å². The minimum absolute atomic E-state index is 0.00750. The molecule has 0 atom stereocenters. The number of nitrogens with zero attached hydrogens (tertiary/aromatic N) is 1. The summed E-state index contributed by atoms with van der Waals surface area (Å²) in [5.41, 5.74) is 0.962. The number of nitrogens with one attached hydrogen (secondary N) is 1. The fraction of sp³-hybridized carbons (Fsp3) is 0.0952. The van der Waals surface area contributed by atoms with E-state index >= 15 is 0 Å². The Morgan fingerprint density at radius 1 is 1.00 bits per heavy atom. The van der Waals surface area contributed by atoms with Gasteiger partial charge < -0.3 is 9.73 Å². The summed E-state index contributed by atoms with van der Waals surface area (Å²) in [4.78, 5) is 39.0. The van der Waals surface area contributed by atoms with Crippen LogP contribution in [-0.2, 0) is 16.4 Å². The molecular formula is C21H16N2O6S. The van der Waals surface area contributed by atoms with Gasteiger partial charge in [0.2, 0.25) is 0 Å². The van der Waals surface area contributed by atoms with Crippen molar-refractivity contribution < 1.29 is 27.2 Å². The maximum atomic E-state index is 12.7. The van der Waals surface area contributed by atoms with E-state index in [2.05, 4.69) is 5.32 Å². The monoisotopic (exact) mass is 424 g/mol. The van der Waals surface area contributed by atoms with Crippen molar-refractivity contribution >= 4 is 33.2 Å². The van der Waals surface area contributed by atoms with Crippen LogP contribution in [0.1, 0.15) is 36.8 Å². The predicted octanol–water partition coefficient (Wildman–Crippen LogP) is 2.73. The summed E-state index contributed by atoms with van der Waals surface area (Å²) in [6.45, 7) is 0.00750. The third kappa shape index (κ3) is 3.62. The Morgan fingerprint density at radius 2 is 1.70 bits per heavy atom. The van der Waals surface area contributed by atoms with Crippen molar-refractivity contribution in [2.45, 2.75) is 11.4 Å². The van der Waals surface area contributed by atoms with Crippen molar-refractivity contribution in [1.29, 1.82) is 0 Å². The molecule has 1 aromatic heterocycles. The van der Waals surface area contributed by atoms with Crippen LogP contribution in [0.3, 0.4) is 0 Å². The molecule has 2 aromatic carbocycles. The van der Waals surface area contributed by atoms with E-state index in [9.17, 15) is 22.8 Å². The van der Waals surface area contributed by atoms with Gasteiger partial charge in [-0.25, -0.2) is 8.42 Å². The maximum Gasteiger partial charge on any atom is 0.261 e. The first-order valence-corrected chi connectivity index (χ1v) is 10.8. The number of anilines is 1. The molecule has 0 saturated heterocycles. The van der Waals surface area contributed by atoms with Gasteiger partial charge in [-0.2, -0.15) is 0 Å². The minimum Gasteiger partial charge on any atom is -0.467 e. The van der Waals surface area contributed by atoms with E-state index in [-0.39, 0.29) is 28.1 Å². The summed E-state index contributed by atoms with van der Waals surface area (Å²) in [5, 5.41) is 2.64. The maximum absolute atomic E-state index is 12.7.